The van der Waals surface area contributed by atoms with Gasteiger partial charge in [-0.2, -0.15) is 0 Å². The van der Waals surface area contributed by atoms with Gasteiger partial charge in [-0.05, 0) is 40.0 Å². The Bertz CT molecular complexity index is 351. The summed E-state index contributed by atoms with van der Waals surface area (Å²) in [7, 11) is 0. The van der Waals surface area contributed by atoms with Gasteiger partial charge in [0.2, 0.25) is 0 Å². The molecule has 0 aliphatic carbocycles. The molecular weight excluding hydrogens is 238 g/mol. The molecule has 0 unspecified atom stereocenters. The van der Waals surface area contributed by atoms with Gasteiger partial charge < -0.3 is 5.11 Å². The van der Waals surface area contributed by atoms with E-state index >= 15 is 0 Å². The number of rotatable bonds is 2. The van der Waals surface area contributed by atoms with Gasteiger partial charge in [-0.15, -0.1) is 0 Å². The van der Waals surface area contributed by atoms with Gasteiger partial charge in [-0.1, -0.05) is 0 Å². The Labute approximate surface area is 83.5 Å². The van der Waals surface area contributed by atoms with Crippen molar-refractivity contribution in [2.45, 2.75) is 13.5 Å². The summed E-state index contributed by atoms with van der Waals surface area (Å²) in [6.07, 6.45) is 0. The summed E-state index contributed by atoms with van der Waals surface area (Å²) >= 11 is 3.09. The lowest BCUT2D eigenvalue weighted by Crippen LogP contribution is -1.95. The first-order chi connectivity index (χ1) is 6.06. The topological polar surface area (TPSA) is 63.4 Å². The van der Waals surface area contributed by atoms with Crippen molar-refractivity contribution < 1.29 is 10.0 Å². The lowest BCUT2D eigenvalue weighted by molar-refractivity contribution is -0.385. The molecule has 0 aliphatic heterocycles. The van der Waals surface area contributed by atoms with Gasteiger partial charge >= 0.3 is 0 Å². The molecule has 4 nitrogen and oxygen atoms in total. The highest BCUT2D eigenvalue weighted by molar-refractivity contribution is 9.10. The van der Waals surface area contributed by atoms with Crippen LogP contribution in [0.2, 0.25) is 0 Å². The molecule has 1 rings (SSSR count). The van der Waals surface area contributed by atoms with Gasteiger partial charge in [-0.25, -0.2) is 0 Å². The third-order valence-electron chi connectivity index (χ3n) is 1.77. The van der Waals surface area contributed by atoms with Crippen molar-refractivity contribution in [3.05, 3.63) is 37.8 Å². The molecule has 0 fully saturated rings. The number of nitrogens with zero attached hydrogens (tertiary/aromatic N) is 1. The summed E-state index contributed by atoms with van der Waals surface area (Å²) in [5.74, 6) is 0. The molecule has 0 amide bonds. The molecule has 0 saturated carbocycles. The number of nitro groups is 1. The van der Waals surface area contributed by atoms with E-state index < -0.39 is 4.92 Å². The summed E-state index contributed by atoms with van der Waals surface area (Å²) in [5.41, 5.74) is 1.39. The van der Waals surface area contributed by atoms with Crippen molar-refractivity contribution in [2.24, 2.45) is 0 Å². The van der Waals surface area contributed by atoms with Gasteiger partial charge in [0.1, 0.15) is 0 Å². The smallest absolute Gasteiger partial charge is 0.283 e. The molecule has 1 aromatic rings. The molecule has 0 saturated heterocycles. The summed E-state index contributed by atoms with van der Waals surface area (Å²) in [6, 6.07) is 3.00. The molecule has 0 aromatic heterocycles. The number of aliphatic hydroxyl groups is 1. The first-order valence-corrected chi connectivity index (χ1v) is 4.40. The van der Waals surface area contributed by atoms with Crippen molar-refractivity contribution in [2.75, 3.05) is 0 Å². The number of nitro benzene ring substituents is 1. The van der Waals surface area contributed by atoms with Crippen LogP contribution in [0.5, 0.6) is 0 Å². The van der Waals surface area contributed by atoms with E-state index in [0.29, 0.717) is 10.0 Å². The van der Waals surface area contributed by atoms with Crippen LogP contribution >= 0.6 is 15.9 Å². The molecule has 0 radical (unpaired) electrons. The molecule has 1 aromatic carbocycles. The molecule has 0 heterocycles. The summed E-state index contributed by atoms with van der Waals surface area (Å²) in [5, 5.41) is 19.4. The van der Waals surface area contributed by atoms with E-state index in [9.17, 15) is 10.1 Å². The van der Waals surface area contributed by atoms with Crippen LogP contribution in [0.25, 0.3) is 0 Å². The van der Waals surface area contributed by atoms with Crippen LogP contribution in [0, 0.1) is 17.0 Å². The summed E-state index contributed by atoms with van der Waals surface area (Å²) in [6.45, 7) is 1.61. The minimum Gasteiger partial charge on any atom is -0.392 e. The van der Waals surface area contributed by atoms with Gasteiger partial charge in [0.25, 0.3) is 5.69 Å². The van der Waals surface area contributed by atoms with E-state index in [-0.39, 0.29) is 12.3 Å². The first-order valence-electron chi connectivity index (χ1n) is 3.60. The Morgan fingerprint density at radius 2 is 2.23 bits per heavy atom. The quantitative estimate of drug-likeness (QED) is 0.642. The third-order valence-corrected chi connectivity index (χ3v) is 2.41. The zero-order valence-electron chi connectivity index (χ0n) is 6.95. The normalized spacial score (nSPS) is 10.1. The van der Waals surface area contributed by atoms with Crippen molar-refractivity contribution >= 4 is 21.6 Å². The van der Waals surface area contributed by atoms with Gasteiger partial charge in [0, 0.05) is 6.07 Å². The highest BCUT2D eigenvalue weighted by Crippen LogP contribution is 2.28. The zero-order chi connectivity index (χ0) is 10.0. The van der Waals surface area contributed by atoms with Crippen molar-refractivity contribution in [1.29, 1.82) is 0 Å². The van der Waals surface area contributed by atoms with E-state index in [1.54, 1.807) is 13.0 Å². The van der Waals surface area contributed by atoms with Crippen LogP contribution in [-0.4, -0.2) is 10.0 Å². The number of hydrogen-bond donors (Lipinski definition) is 1. The maximum absolute atomic E-state index is 10.5. The SMILES string of the molecule is Cc1cc(Br)c([N+](=O)[O-])cc1CO. The second kappa shape index (κ2) is 3.85. The molecule has 5 heteroatoms. The highest BCUT2D eigenvalue weighted by Gasteiger charge is 2.13. The molecular formula is C8H8BrNO3. The van der Waals surface area contributed by atoms with Crippen molar-refractivity contribution in [1.82, 2.24) is 0 Å². The Morgan fingerprint density at radius 3 is 2.69 bits per heavy atom. The second-order valence-electron chi connectivity index (χ2n) is 2.65. The summed E-state index contributed by atoms with van der Waals surface area (Å²) < 4.78 is 0.437. The predicted octanol–water partition coefficient (Wildman–Crippen LogP) is 2.16. The molecule has 0 atom stereocenters. The largest absolute Gasteiger partial charge is 0.392 e. The number of aliphatic hydroxyl groups excluding tert-OH is 1. The fraction of sp³-hybridized carbons (Fsp3) is 0.250. The van der Waals surface area contributed by atoms with E-state index in [1.165, 1.54) is 6.07 Å². The van der Waals surface area contributed by atoms with E-state index in [0.717, 1.165) is 5.56 Å². The lowest BCUT2D eigenvalue weighted by Gasteiger charge is -2.03. The standard InChI is InChI=1S/C8H8BrNO3/c1-5-2-7(9)8(10(12)13)3-6(5)4-11/h2-3,11H,4H2,1H3. The third kappa shape index (κ3) is 2.05. The first kappa shape index (κ1) is 10.1. The van der Waals surface area contributed by atoms with Crippen LogP contribution in [0.3, 0.4) is 0 Å². The predicted molar refractivity (Wildman–Crippen MR) is 51.5 cm³/mol. The van der Waals surface area contributed by atoms with Gasteiger partial charge in [-0.3, -0.25) is 10.1 Å². The fourth-order valence-corrected chi connectivity index (χ4v) is 1.62. The molecule has 0 aliphatic rings. The molecule has 1 N–H and O–H groups in total. The van der Waals surface area contributed by atoms with Crippen LogP contribution < -0.4 is 0 Å². The Morgan fingerprint density at radius 1 is 1.62 bits per heavy atom. The van der Waals surface area contributed by atoms with E-state index in [2.05, 4.69) is 15.9 Å². The maximum Gasteiger partial charge on any atom is 0.283 e. The van der Waals surface area contributed by atoms with Crippen LogP contribution in [0.15, 0.2) is 16.6 Å². The average molecular weight is 246 g/mol. The van der Waals surface area contributed by atoms with E-state index in [4.69, 9.17) is 5.11 Å². The number of aryl methyl sites for hydroxylation is 1. The number of benzene rings is 1. The minimum absolute atomic E-state index is 0.0188. The van der Waals surface area contributed by atoms with E-state index in [1.807, 2.05) is 0 Å². The number of hydrogen-bond acceptors (Lipinski definition) is 3. The highest BCUT2D eigenvalue weighted by atomic mass is 79.9. The summed E-state index contributed by atoms with van der Waals surface area (Å²) in [4.78, 5) is 10.0. The molecule has 0 spiro atoms. The fourth-order valence-electron chi connectivity index (χ4n) is 1.01. The van der Waals surface area contributed by atoms with Crippen molar-refractivity contribution in [3.8, 4) is 0 Å². The Balaban J connectivity index is 3.30. The van der Waals surface area contributed by atoms with Crippen molar-refractivity contribution in [3.63, 3.8) is 0 Å². The van der Waals surface area contributed by atoms with Crippen LogP contribution in [0.1, 0.15) is 11.1 Å². The number of halogens is 1. The molecule has 70 valence electrons. The lowest BCUT2D eigenvalue weighted by atomic mass is 10.1. The average Bonchev–Trinajstić information content (AvgIpc) is 2.03. The maximum atomic E-state index is 10.5. The van der Waals surface area contributed by atoms with Crippen LogP contribution in [0.4, 0.5) is 5.69 Å². The Kier molecular flexibility index (Phi) is 3.00. The Hall–Kier alpha value is -0.940. The second-order valence-corrected chi connectivity index (χ2v) is 3.50. The monoisotopic (exact) mass is 245 g/mol. The minimum atomic E-state index is -0.483. The zero-order valence-corrected chi connectivity index (χ0v) is 8.54. The molecule has 0 bridgehead atoms. The van der Waals surface area contributed by atoms with Gasteiger partial charge in [0.05, 0.1) is 16.0 Å². The van der Waals surface area contributed by atoms with Crippen LogP contribution in [-0.2, 0) is 6.61 Å². The van der Waals surface area contributed by atoms with Gasteiger partial charge in [0.15, 0.2) is 0 Å². The molecule has 13 heavy (non-hydrogen) atoms.